The molecule has 9 aromatic carbocycles. The third-order valence-electron chi connectivity index (χ3n) is 17.3. The molecule has 3 aliphatic heterocycles. The van der Waals surface area contributed by atoms with Crippen LogP contribution in [0.25, 0.3) is 0 Å². The van der Waals surface area contributed by atoms with Gasteiger partial charge in [-0.2, -0.15) is 0 Å². The number of rotatable bonds is 26. The zero-order valence-electron chi connectivity index (χ0n) is 57.6. The molecule has 15 atom stereocenters. The number of esters is 9. The van der Waals surface area contributed by atoms with Gasteiger partial charge in [-0.05, 0) is 121 Å². The molecular formula is C82H70O26. The summed E-state index contributed by atoms with van der Waals surface area (Å²) in [7, 11) is 2.40. The Bertz CT molecular complexity index is 4510. The van der Waals surface area contributed by atoms with Crippen molar-refractivity contribution < 1.29 is 124 Å². The second-order valence-electron chi connectivity index (χ2n) is 24.4. The van der Waals surface area contributed by atoms with E-state index < -0.39 is 159 Å². The van der Waals surface area contributed by atoms with Crippen LogP contribution in [0.5, 0.6) is 11.5 Å². The quantitative estimate of drug-likeness (QED) is 0.0389. The Morgan fingerprint density at radius 2 is 0.583 bits per heavy atom. The minimum Gasteiger partial charge on any atom is -0.497 e. The third kappa shape index (κ3) is 18.6. The fraction of sp³-hybridized carbons (Fsp3) is 0.232. The number of aliphatic hydroxyl groups is 1. The highest BCUT2D eigenvalue weighted by Gasteiger charge is 2.62. The van der Waals surface area contributed by atoms with Crippen LogP contribution in [-0.4, -0.2) is 178 Å². The molecule has 0 radical (unpaired) electrons. The minimum atomic E-state index is -2.42. The van der Waals surface area contributed by atoms with Crippen molar-refractivity contribution in [1.29, 1.82) is 0 Å². The Morgan fingerprint density at radius 1 is 0.296 bits per heavy atom. The summed E-state index contributed by atoms with van der Waals surface area (Å²) < 4.78 is 102. The largest absolute Gasteiger partial charge is 0.497 e. The first-order chi connectivity index (χ1) is 52.6. The highest BCUT2D eigenvalue weighted by molar-refractivity contribution is 5.94. The molecule has 26 nitrogen and oxygen atoms in total. The molecule has 0 spiro atoms. The van der Waals surface area contributed by atoms with E-state index in [2.05, 4.69) is 0 Å². The predicted molar refractivity (Wildman–Crippen MR) is 375 cm³/mol. The number of aliphatic hydroxyl groups excluding tert-OH is 1. The van der Waals surface area contributed by atoms with Gasteiger partial charge in [-0.1, -0.05) is 146 Å². The maximum absolute atomic E-state index is 15.3. The maximum Gasteiger partial charge on any atom is 0.339 e. The Morgan fingerprint density at radius 3 is 0.954 bits per heavy atom. The summed E-state index contributed by atoms with van der Waals surface area (Å²) in [5.41, 5.74) is -0.467. The van der Waals surface area contributed by atoms with Gasteiger partial charge in [0.05, 0.1) is 58.7 Å². The van der Waals surface area contributed by atoms with Gasteiger partial charge in [-0.3, -0.25) is 0 Å². The zero-order chi connectivity index (χ0) is 75.5. The van der Waals surface area contributed by atoms with Gasteiger partial charge in [0, 0.05) is 0 Å². The van der Waals surface area contributed by atoms with E-state index in [4.69, 9.17) is 75.8 Å². The van der Waals surface area contributed by atoms with Gasteiger partial charge in [0.15, 0.2) is 49.0 Å². The summed E-state index contributed by atoms with van der Waals surface area (Å²) in [6.07, 6.45) is -32.0. The van der Waals surface area contributed by atoms with E-state index in [1.165, 1.54) is 177 Å². The fourth-order valence-corrected chi connectivity index (χ4v) is 11.9. The van der Waals surface area contributed by atoms with Crippen molar-refractivity contribution >= 4 is 53.7 Å². The number of methoxy groups -OCH3 is 2. The lowest BCUT2D eigenvalue weighted by Crippen LogP contribution is -2.69. The molecule has 0 amide bonds. The maximum atomic E-state index is 15.3. The third-order valence-corrected chi connectivity index (χ3v) is 17.3. The second kappa shape index (κ2) is 36.0. The highest BCUT2D eigenvalue weighted by atomic mass is 16.8. The van der Waals surface area contributed by atoms with Gasteiger partial charge in [0.2, 0.25) is 12.6 Å². The molecule has 0 saturated carbocycles. The van der Waals surface area contributed by atoms with Crippen LogP contribution in [0.2, 0.25) is 0 Å². The van der Waals surface area contributed by atoms with Crippen molar-refractivity contribution in [2.24, 2.45) is 0 Å². The van der Waals surface area contributed by atoms with Crippen molar-refractivity contribution in [3.63, 3.8) is 0 Å². The molecule has 1 N–H and O–H groups in total. The summed E-state index contributed by atoms with van der Waals surface area (Å²) in [6, 6.07) is 66.1. The van der Waals surface area contributed by atoms with Crippen LogP contribution in [0, 0.1) is 0 Å². The van der Waals surface area contributed by atoms with Crippen LogP contribution >= 0.6 is 0 Å². The van der Waals surface area contributed by atoms with Crippen LogP contribution < -0.4 is 9.47 Å². The van der Waals surface area contributed by atoms with E-state index in [1.807, 2.05) is 0 Å². The topological polar surface area (TPSA) is 322 Å². The van der Waals surface area contributed by atoms with Gasteiger partial charge in [0.25, 0.3) is 0 Å². The van der Waals surface area contributed by atoms with E-state index in [-0.39, 0.29) is 50.3 Å². The predicted octanol–water partition coefficient (Wildman–Crippen LogP) is 9.62. The van der Waals surface area contributed by atoms with Crippen LogP contribution in [0.4, 0.5) is 0 Å². The van der Waals surface area contributed by atoms with Crippen molar-refractivity contribution in [2.75, 3.05) is 27.4 Å². The number of hydrogen-bond donors (Lipinski definition) is 1. The highest BCUT2D eigenvalue weighted by Crippen LogP contribution is 2.40. The van der Waals surface area contributed by atoms with Gasteiger partial charge < -0.3 is 80.9 Å². The first kappa shape index (κ1) is 75.3. The smallest absolute Gasteiger partial charge is 0.339 e. The van der Waals surface area contributed by atoms with Gasteiger partial charge in [-0.15, -0.1) is 0 Å². The number of hydrogen-bond acceptors (Lipinski definition) is 26. The van der Waals surface area contributed by atoms with Crippen LogP contribution in [-0.2, 0) is 71.1 Å². The van der Waals surface area contributed by atoms with E-state index in [9.17, 15) is 38.7 Å². The first-order valence-corrected chi connectivity index (χ1v) is 34.0. The van der Waals surface area contributed by atoms with Crippen LogP contribution in [0.3, 0.4) is 0 Å². The molecule has 0 unspecified atom stereocenters. The van der Waals surface area contributed by atoms with Crippen LogP contribution in [0.1, 0.15) is 82.9 Å². The van der Waals surface area contributed by atoms with Crippen molar-refractivity contribution in [3.8, 4) is 11.5 Å². The minimum absolute atomic E-state index is 0.0165. The van der Waals surface area contributed by atoms with Crippen molar-refractivity contribution in [2.45, 2.75) is 92.1 Å². The molecule has 0 bridgehead atoms. The number of carbonyl (C=O) groups excluding carboxylic acids is 9. The molecule has 3 fully saturated rings. The Hall–Kier alpha value is -12.4. The number of ether oxygens (including phenoxy) is 16. The summed E-state index contributed by atoms with van der Waals surface area (Å²) >= 11 is 0. The second-order valence-corrected chi connectivity index (χ2v) is 24.4. The van der Waals surface area contributed by atoms with Gasteiger partial charge in [-0.25, -0.2) is 43.2 Å². The number of carbonyl (C=O) groups is 9. The molecule has 26 heteroatoms. The average molecular weight is 1470 g/mol. The summed E-state index contributed by atoms with van der Waals surface area (Å²) in [6.45, 7) is -1.71. The normalized spacial score (nSPS) is 23.6. The van der Waals surface area contributed by atoms with Crippen LogP contribution in [0.15, 0.2) is 267 Å². The average Bonchev–Trinajstić information content (AvgIpc) is 0.756. The van der Waals surface area contributed by atoms with Gasteiger partial charge >= 0.3 is 53.7 Å². The molecule has 3 aliphatic rings. The molecule has 3 saturated heterocycles. The standard InChI is InChI=1S/C82H70O26/c1-93-57-43-45-58(46-44-57)97-80-68(103-76(89)54-37-21-8-22-38-54)63(61(83)59(98-80)47-95-71(84)49-27-11-3-12-28-49)106-81-69(104-77(90)55-39-23-9-24-40-55)64(62(100-73(86)51-31-15-5-16-32-51)60(99-81)48-96-72(85)50-29-13-4-14-30-50)107-82-70(105-78(91)56-41-25-10-26-42-56)66(102-75(88)53-35-19-7-20-36-53)65(67(108-82)79(92)94-2)101-74(87)52-33-17-6-18-34-52/h3-46,59-70,80-83H,47-48H2,1-2H3/t59-,60-,61+,62+,63+,64+,65+,66+,67+,68-,69-,70-,80-,81+,82-/m1/s1. The SMILES string of the molecule is COC(=O)[C@H]1O[C@@H](O[C@H]2[C@@H](OC(=O)c3ccccc3)[C@@H](COC(=O)c3ccccc3)O[C@@H](O[C@H]3[C@@H](O)[C@@H](COC(=O)c4ccccc4)O[C@@H](Oc4ccc(OC)cc4)[C@@H]3OC(=O)c3ccccc3)[C@@H]2OC(=O)c2ccccc2)[C@H](OC(=O)c2ccccc2)[C@@H](OC(=O)c2ccccc2)[C@@H]1OC(=O)c1ccccc1. The molecule has 0 aliphatic carbocycles. The lowest BCUT2D eigenvalue weighted by molar-refractivity contribution is -0.373. The zero-order valence-corrected chi connectivity index (χ0v) is 57.6. The Kier molecular flexibility index (Phi) is 25.1. The Labute approximate surface area is 617 Å². The molecule has 9 aromatic rings. The molecular weight excluding hydrogens is 1400 g/mol. The van der Waals surface area contributed by atoms with Crippen molar-refractivity contribution in [3.05, 3.63) is 311 Å². The monoisotopic (exact) mass is 1470 g/mol. The summed E-state index contributed by atoms with van der Waals surface area (Å²) in [5.74, 6) is -9.47. The summed E-state index contributed by atoms with van der Waals surface area (Å²) in [4.78, 5) is 132. The molecule has 554 valence electrons. The summed E-state index contributed by atoms with van der Waals surface area (Å²) in [5, 5.41) is 13.1. The van der Waals surface area contributed by atoms with E-state index in [1.54, 1.807) is 97.1 Å². The lowest BCUT2D eigenvalue weighted by atomic mass is 9.94. The molecule has 12 rings (SSSR count). The first-order valence-electron chi connectivity index (χ1n) is 34.0. The lowest BCUT2D eigenvalue weighted by Gasteiger charge is -2.50. The van der Waals surface area contributed by atoms with Gasteiger partial charge in [0.1, 0.15) is 55.2 Å². The van der Waals surface area contributed by atoms with E-state index >= 15 is 9.59 Å². The van der Waals surface area contributed by atoms with Crippen molar-refractivity contribution in [1.82, 2.24) is 0 Å². The molecule has 3 heterocycles. The Balaban J connectivity index is 1.06. The molecule has 0 aromatic heterocycles. The number of benzene rings is 9. The van der Waals surface area contributed by atoms with E-state index in [0.717, 1.165) is 7.11 Å². The fourth-order valence-electron chi connectivity index (χ4n) is 11.9. The van der Waals surface area contributed by atoms with E-state index in [0.29, 0.717) is 5.75 Å². The molecule has 108 heavy (non-hydrogen) atoms.